The molecule has 5 rings (SSSR count). The van der Waals surface area contributed by atoms with Gasteiger partial charge in [0.1, 0.15) is 0 Å². The molecule has 0 bridgehead atoms. The third-order valence-electron chi connectivity index (χ3n) is 5.91. The van der Waals surface area contributed by atoms with Gasteiger partial charge in [-0.2, -0.15) is 0 Å². The van der Waals surface area contributed by atoms with Crippen molar-refractivity contribution in [2.24, 2.45) is 0 Å². The van der Waals surface area contributed by atoms with Crippen LogP contribution in [0.5, 0.6) is 0 Å². The molecule has 0 radical (unpaired) electrons. The van der Waals surface area contributed by atoms with Crippen LogP contribution in [0.4, 0.5) is 11.4 Å². The summed E-state index contributed by atoms with van der Waals surface area (Å²) in [4.78, 5) is 0.410. The lowest BCUT2D eigenvalue weighted by Crippen LogP contribution is -2.28. The number of benzene rings is 4. The Morgan fingerprint density at radius 2 is 1.20 bits per heavy atom. The van der Waals surface area contributed by atoms with Crippen molar-refractivity contribution < 1.29 is 8.76 Å². The molecule has 0 fully saturated rings. The molecule has 0 saturated heterocycles. The van der Waals surface area contributed by atoms with Crippen LogP contribution in [0.25, 0.3) is 11.1 Å². The summed E-state index contributed by atoms with van der Waals surface area (Å²) in [5, 5.41) is 0. The van der Waals surface area contributed by atoms with E-state index >= 15 is 0 Å². The molecule has 0 aromatic heterocycles. The van der Waals surface area contributed by atoms with E-state index in [9.17, 15) is 8.76 Å². The largest absolute Gasteiger partial charge is 0.399 e. The van der Waals surface area contributed by atoms with Crippen LogP contribution in [0, 0.1) is 0 Å². The van der Waals surface area contributed by atoms with Crippen molar-refractivity contribution in [2.75, 3.05) is 11.5 Å². The zero-order valence-electron chi connectivity index (χ0n) is 16.1. The van der Waals surface area contributed by atoms with E-state index in [-0.39, 0.29) is 0 Å². The van der Waals surface area contributed by atoms with E-state index in [1.54, 1.807) is 6.07 Å². The molecule has 4 aromatic carbocycles. The molecule has 1 aliphatic rings. The van der Waals surface area contributed by atoms with Crippen LogP contribution in [0.3, 0.4) is 0 Å². The van der Waals surface area contributed by atoms with E-state index < -0.39 is 16.5 Å². The number of anilines is 2. The van der Waals surface area contributed by atoms with Crippen LogP contribution in [0.15, 0.2) is 95.9 Å². The highest BCUT2D eigenvalue weighted by Gasteiger charge is 2.47. The van der Waals surface area contributed by atoms with Gasteiger partial charge in [-0.05, 0) is 58.1 Å². The van der Waals surface area contributed by atoms with Gasteiger partial charge < -0.3 is 16.0 Å². The number of rotatable bonds is 3. The Balaban J connectivity index is 1.98. The van der Waals surface area contributed by atoms with Gasteiger partial charge in [-0.3, -0.25) is 0 Å². The van der Waals surface area contributed by atoms with Crippen molar-refractivity contribution in [3.05, 3.63) is 113 Å². The smallest absolute Gasteiger partial charge is 0.187 e. The first-order valence-corrected chi connectivity index (χ1v) is 10.7. The molecule has 4 aromatic rings. The standard InChI is InChI=1S/C25H20N2O2S/c26-18-12-8-16(9-13-18)25(17-10-14-19(27)15-11-17)21-5-2-1-4-20(21)24-22(25)6-3-7-23(24)30(28)29/h1-15H,26-27H2,(H,28,29). The highest BCUT2D eigenvalue weighted by Crippen LogP contribution is 2.57. The fourth-order valence-electron chi connectivity index (χ4n) is 4.70. The predicted molar refractivity (Wildman–Crippen MR) is 122 cm³/mol. The van der Waals surface area contributed by atoms with Crippen LogP contribution in [0.1, 0.15) is 22.3 Å². The van der Waals surface area contributed by atoms with E-state index in [0.717, 1.165) is 33.4 Å². The number of nitrogen functional groups attached to an aromatic ring is 2. The van der Waals surface area contributed by atoms with Crippen molar-refractivity contribution in [2.45, 2.75) is 10.3 Å². The zero-order chi connectivity index (χ0) is 20.9. The number of hydrogen-bond acceptors (Lipinski definition) is 3. The van der Waals surface area contributed by atoms with Crippen LogP contribution in [-0.2, 0) is 16.5 Å². The Kier molecular flexibility index (Phi) is 4.24. The van der Waals surface area contributed by atoms with Crippen LogP contribution >= 0.6 is 0 Å². The first-order chi connectivity index (χ1) is 14.5. The molecule has 0 aliphatic heterocycles. The summed E-state index contributed by atoms with van der Waals surface area (Å²) in [6.07, 6.45) is 0. The van der Waals surface area contributed by atoms with E-state index in [1.807, 2.05) is 78.9 Å². The van der Waals surface area contributed by atoms with Crippen molar-refractivity contribution >= 4 is 22.5 Å². The van der Waals surface area contributed by atoms with Crippen molar-refractivity contribution in [1.82, 2.24) is 0 Å². The highest BCUT2D eigenvalue weighted by atomic mass is 32.2. The van der Waals surface area contributed by atoms with Crippen LogP contribution in [0.2, 0.25) is 0 Å². The summed E-state index contributed by atoms with van der Waals surface area (Å²) in [7, 11) is 0. The minimum absolute atomic E-state index is 0.410. The Bertz CT molecular complexity index is 1240. The van der Waals surface area contributed by atoms with Gasteiger partial charge in [0.05, 0.1) is 10.3 Å². The Morgan fingerprint density at radius 3 is 1.77 bits per heavy atom. The minimum atomic E-state index is -2.11. The lowest BCUT2D eigenvalue weighted by Gasteiger charge is -2.34. The van der Waals surface area contributed by atoms with Crippen LogP contribution in [-0.4, -0.2) is 8.76 Å². The lowest BCUT2D eigenvalue weighted by molar-refractivity contribution is 0.564. The molecule has 4 nitrogen and oxygen atoms in total. The monoisotopic (exact) mass is 412 g/mol. The Morgan fingerprint density at radius 1 is 0.667 bits per heavy atom. The van der Waals surface area contributed by atoms with E-state index in [1.165, 1.54) is 0 Å². The maximum Gasteiger partial charge on any atom is 0.187 e. The van der Waals surface area contributed by atoms with Crippen molar-refractivity contribution in [3.8, 4) is 11.1 Å². The van der Waals surface area contributed by atoms with Gasteiger partial charge in [-0.25, -0.2) is 4.21 Å². The molecule has 0 saturated carbocycles. The van der Waals surface area contributed by atoms with Crippen molar-refractivity contribution in [1.29, 1.82) is 0 Å². The average molecular weight is 413 g/mol. The predicted octanol–water partition coefficient (Wildman–Crippen LogP) is 4.79. The second-order valence-corrected chi connectivity index (χ2v) is 8.41. The summed E-state index contributed by atoms with van der Waals surface area (Å²) < 4.78 is 22.3. The first-order valence-electron chi connectivity index (χ1n) is 9.59. The molecule has 148 valence electrons. The van der Waals surface area contributed by atoms with E-state index in [0.29, 0.717) is 16.3 Å². The zero-order valence-corrected chi connectivity index (χ0v) is 16.9. The molecule has 1 aliphatic carbocycles. The molecule has 0 heterocycles. The van der Waals surface area contributed by atoms with Gasteiger partial charge in [0.25, 0.3) is 0 Å². The SMILES string of the molecule is Nc1ccc(C2(c3ccc(N)cc3)c3ccccc3-c3c(S(=O)O)cccc32)cc1. The quantitative estimate of drug-likeness (QED) is 0.293. The van der Waals surface area contributed by atoms with Crippen LogP contribution < -0.4 is 11.5 Å². The molecule has 1 unspecified atom stereocenters. The summed E-state index contributed by atoms with van der Waals surface area (Å²) >= 11 is -2.11. The van der Waals surface area contributed by atoms with Gasteiger partial charge in [-0.15, -0.1) is 0 Å². The second kappa shape index (κ2) is 6.83. The molecule has 1 atom stereocenters. The van der Waals surface area contributed by atoms with Gasteiger partial charge in [0.15, 0.2) is 11.1 Å². The number of nitrogens with two attached hydrogens (primary N) is 2. The van der Waals surface area contributed by atoms with Gasteiger partial charge in [-0.1, -0.05) is 60.7 Å². The van der Waals surface area contributed by atoms with E-state index in [4.69, 9.17) is 11.5 Å². The van der Waals surface area contributed by atoms with Gasteiger partial charge in [0, 0.05) is 16.9 Å². The van der Waals surface area contributed by atoms with Gasteiger partial charge in [0.2, 0.25) is 0 Å². The molecule has 30 heavy (non-hydrogen) atoms. The third kappa shape index (κ3) is 2.53. The maximum absolute atomic E-state index is 12.2. The molecule has 5 N–H and O–H groups in total. The molecule has 0 amide bonds. The lowest BCUT2D eigenvalue weighted by atomic mass is 9.67. The average Bonchev–Trinajstić information content (AvgIpc) is 3.06. The summed E-state index contributed by atoms with van der Waals surface area (Å²) in [6.45, 7) is 0. The molecule has 5 heteroatoms. The van der Waals surface area contributed by atoms with Gasteiger partial charge >= 0.3 is 0 Å². The Labute approximate surface area is 177 Å². The highest BCUT2D eigenvalue weighted by molar-refractivity contribution is 7.79. The normalized spacial score (nSPS) is 14.7. The minimum Gasteiger partial charge on any atom is -0.399 e. The first kappa shape index (κ1) is 18.6. The fraction of sp³-hybridized carbons (Fsp3) is 0.0400. The molecular weight excluding hydrogens is 392 g/mol. The fourth-order valence-corrected chi connectivity index (χ4v) is 5.28. The van der Waals surface area contributed by atoms with E-state index in [2.05, 4.69) is 6.07 Å². The summed E-state index contributed by atoms with van der Waals surface area (Å²) in [6, 6.07) is 29.3. The topological polar surface area (TPSA) is 89.3 Å². The number of hydrogen-bond donors (Lipinski definition) is 3. The number of fused-ring (bicyclic) bond motifs is 3. The summed E-state index contributed by atoms with van der Waals surface area (Å²) in [5.41, 5.74) is 18.6. The molecule has 0 spiro atoms. The summed E-state index contributed by atoms with van der Waals surface area (Å²) in [5.74, 6) is 0. The maximum atomic E-state index is 12.2. The second-order valence-electron chi connectivity index (χ2n) is 7.47. The Hall–Kier alpha value is -3.41. The molecular formula is C25H20N2O2S. The third-order valence-corrected chi connectivity index (χ3v) is 6.62. The van der Waals surface area contributed by atoms with Crippen molar-refractivity contribution in [3.63, 3.8) is 0 Å².